The zero-order chi connectivity index (χ0) is 14.4. The van der Waals surface area contributed by atoms with Gasteiger partial charge in [-0.25, -0.2) is 0 Å². The molecule has 0 radical (unpaired) electrons. The average molecular weight is 276 g/mol. The molecule has 0 fully saturated rings. The summed E-state index contributed by atoms with van der Waals surface area (Å²) in [6.45, 7) is 3.38. The van der Waals surface area contributed by atoms with Crippen LogP contribution in [0.3, 0.4) is 0 Å². The molecule has 0 aliphatic carbocycles. The molecule has 0 saturated carbocycles. The van der Waals surface area contributed by atoms with Crippen LogP contribution < -0.4 is 14.8 Å². The van der Waals surface area contributed by atoms with Gasteiger partial charge >= 0.3 is 0 Å². The Bertz CT molecular complexity index is 524. The smallest absolute Gasteiger partial charge is 0.149 e. The summed E-state index contributed by atoms with van der Waals surface area (Å²) in [5.41, 5.74) is 0. The lowest BCUT2D eigenvalue weighted by molar-refractivity contribution is 0.305. The lowest BCUT2D eigenvalue weighted by Gasteiger charge is -2.13. The van der Waals surface area contributed by atoms with Crippen molar-refractivity contribution in [3.05, 3.63) is 36.4 Å². The van der Waals surface area contributed by atoms with Crippen molar-refractivity contribution in [1.29, 1.82) is 0 Å². The van der Waals surface area contributed by atoms with E-state index in [1.54, 1.807) is 13.4 Å². The minimum Gasteiger partial charge on any atom is -0.497 e. The predicted octanol–water partition coefficient (Wildman–Crippen LogP) is 1.55. The molecule has 0 amide bonds. The molecule has 1 atom stereocenters. The van der Waals surface area contributed by atoms with Crippen molar-refractivity contribution in [2.45, 2.75) is 13.0 Å². The van der Waals surface area contributed by atoms with Crippen LogP contribution in [0.1, 0.15) is 18.8 Å². The SMILES string of the molecule is COc1ccc(OCCNC(C)c2nncn2C)cc1. The molecule has 1 aromatic heterocycles. The van der Waals surface area contributed by atoms with Gasteiger partial charge in [-0.05, 0) is 31.2 Å². The molecule has 1 N–H and O–H groups in total. The number of benzene rings is 1. The van der Waals surface area contributed by atoms with Crippen molar-refractivity contribution in [3.8, 4) is 11.5 Å². The minimum absolute atomic E-state index is 0.141. The van der Waals surface area contributed by atoms with Gasteiger partial charge < -0.3 is 19.4 Å². The van der Waals surface area contributed by atoms with E-state index in [-0.39, 0.29) is 6.04 Å². The Hall–Kier alpha value is -2.08. The summed E-state index contributed by atoms with van der Waals surface area (Å²) in [7, 11) is 3.58. The highest BCUT2D eigenvalue weighted by atomic mass is 16.5. The molecule has 0 bridgehead atoms. The van der Waals surface area contributed by atoms with Crippen LogP contribution in [0, 0.1) is 0 Å². The number of hydrogen-bond acceptors (Lipinski definition) is 5. The molecule has 6 heteroatoms. The van der Waals surface area contributed by atoms with Crippen LogP contribution in [0.15, 0.2) is 30.6 Å². The van der Waals surface area contributed by atoms with Crippen LogP contribution in [-0.4, -0.2) is 35.0 Å². The number of hydrogen-bond donors (Lipinski definition) is 1. The molecule has 0 saturated heterocycles. The number of rotatable bonds is 7. The van der Waals surface area contributed by atoms with Gasteiger partial charge in [0, 0.05) is 13.6 Å². The summed E-state index contributed by atoms with van der Waals surface area (Å²) >= 11 is 0. The van der Waals surface area contributed by atoms with Gasteiger partial charge in [-0.1, -0.05) is 0 Å². The van der Waals surface area contributed by atoms with Crippen LogP contribution >= 0.6 is 0 Å². The maximum atomic E-state index is 5.64. The average Bonchev–Trinajstić information content (AvgIpc) is 2.90. The van der Waals surface area contributed by atoms with Gasteiger partial charge in [-0.3, -0.25) is 0 Å². The van der Waals surface area contributed by atoms with Crippen LogP contribution in [0.2, 0.25) is 0 Å². The number of aryl methyl sites for hydroxylation is 1. The summed E-state index contributed by atoms with van der Waals surface area (Å²) in [6, 6.07) is 7.69. The first-order chi connectivity index (χ1) is 9.70. The molecular formula is C14H20N4O2. The Morgan fingerprint density at radius 2 is 1.95 bits per heavy atom. The van der Waals surface area contributed by atoms with Gasteiger partial charge in [0.15, 0.2) is 0 Å². The molecular weight excluding hydrogens is 256 g/mol. The van der Waals surface area contributed by atoms with Gasteiger partial charge in [-0.15, -0.1) is 10.2 Å². The van der Waals surface area contributed by atoms with Gasteiger partial charge in [0.05, 0.1) is 13.2 Å². The first-order valence-corrected chi connectivity index (χ1v) is 6.55. The second-order valence-electron chi connectivity index (χ2n) is 4.50. The van der Waals surface area contributed by atoms with E-state index in [1.165, 1.54) is 0 Å². The summed E-state index contributed by atoms with van der Waals surface area (Å²) < 4.78 is 12.6. The quantitative estimate of drug-likeness (QED) is 0.778. The largest absolute Gasteiger partial charge is 0.497 e. The highest BCUT2D eigenvalue weighted by Crippen LogP contribution is 2.16. The van der Waals surface area contributed by atoms with E-state index in [4.69, 9.17) is 9.47 Å². The van der Waals surface area contributed by atoms with Crippen LogP contribution in [0.5, 0.6) is 11.5 Å². The van der Waals surface area contributed by atoms with Gasteiger partial charge in [0.2, 0.25) is 0 Å². The van der Waals surface area contributed by atoms with E-state index < -0.39 is 0 Å². The second kappa shape index (κ2) is 6.91. The lowest BCUT2D eigenvalue weighted by atomic mass is 10.3. The highest BCUT2D eigenvalue weighted by molar-refractivity contribution is 5.31. The van der Waals surface area contributed by atoms with E-state index in [0.29, 0.717) is 6.61 Å². The first-order valence-electron chi connectivity index (χ1n) is 6.55. The molecule has 20 heavy (non-hydrogen) atoms. The third-order valence-corrected chi connectivity index (χ3v) is 3.01. The standard InChI is InChI=1S/C14H20N4O2/c1-11(14-17-16-10-18(14)2)15-8-9-20-13-6-4-12(19-3)5-7-13/h4-7,10-11,15H,8-9H2,1-3H3. The molecule has 1 unspecified atom stereocenters. The van der Waals surface area contributed by atoms with E-state index in [0.717, 1.165) is 23.9 Å². The fraction of sp³-hybridized carbons (Fsp3) is 0.429. The number of ether oxygens (including phenoxy) is 2. The Morgan fingerprint density at radius 1 is 1.25 bits per heavy atom. The van der Waals surface area contributed by atoms with Crippen molar-refractivity contribution in [1.82, 2.24) is 20.1 Å². The molecule has 2 aromatic rings. The Balaban J connectivity index is 1.72. The fourth-order valence-electron chi connectivity index (χ4n) is 1.89. The molecule has 1 aromatic carbocycles. The summed E-state index contributed by atoms with van der Waals surface area (Å²) in [6.07, 6.45) is 1.70. The molecule has 0 spiro atoms. The highest BCUT2D eigenvalue weighted by Gasteiger charge is 2.09. The fourth-order valence-corrected chi connectivity index (χ4v) is 1.89. The van der Waals surface area contributed by atoms with Crippen LogP contribution in [0.4, 0.5) is 0 Å². The normalized spacial score (nSPS) is 12.2. The number of methoxy groups -OCH3 is 1. The summed E-state index contributed by atoms with van der Waals surface area (Å²) in [5.74, 6) is 2.57. The van der Waals surface area contributed by atoms with E-state index in [9.17, 15) is 0 Å². The van der Waals surface area contributed by atoms with E-state index >= 15 is 0 Å². The van der Waals surface area contributed by atoms with Crippen LogP contribution in [-0.2, 0) is 7.05 Å². The molecule has 0 aliphatic rings. The maximum absolute atomic E-state index is 5.64. The third kappa shape index (κ3) is 3.71. The van der Waals surface area contributed by atoms with Crippen molar-refractivity contribution in [2.75, 3.05) is 20.3 Å². The maximum Gasteiger partial charge on any atom is 0.149 e. The van der Waals surface area contributed by atoms with Crippen molar-refractivity contribution >= 4 is 0 Å². The number of nitrogens with one attached hydrogen (secondary N) is 1. The van der Waals surface area contributed by atoms with Crippen LogP contribution in [0.25, 0.3) is 0 Å². The molecule has 0 aliphatic heterocycles. The molecule has 6 nitrogen and oxygen atoms in total. The van der Waals surface area contributed by atoms with E-state index in [1.807, 2.05) is 35.9 Å². The Kier molecular flexibility index (Phi) is 4.95. The molecule has 2 rings (SSSR count). The minimum atomic E-state index is 0.141. The second-order valence-corrected chi connectivity index (χ2v) is 4.50. The van der Waals surface area contributed by atoms with Crippen molar-refractivity contribution in [2.24, 2.45) is 7.05 Å². The zero-order valence-corrected chi connectivity index (χ0v) is 12.0. The Labute approximate surface area is 118 Å². The van der Waals surface area contributed by atoms with Gasteiger partial charge in [-0.2, -0.15) is 0 Å². The van der Waals surface area contributed by atoms with E-state index in [2.05, 4.69) is 22.4 Å². The monoisotopic (exact) mass is 276 g/mol. The Morgan fingerprint density at radius 3 is 2.55 bits per heavy atom. The third-order valence-electron chi connectivity index (χ3n) is 3.01. The van der Waals surface area contributed by atoms with Gasteiger partial charge in [0.1, 0.15) is 30.3 Å². The van der Waals surface area contributed by atoms with Gasteiger partial charge in [0.25, 0.3) is 0 Å². The predicted molar refractivity (Wildman–Crippen MR) is 75.9 cm³/mol. The number of nitrogens with zero attached hydrogens (tertiary/aromatic N) is 3. The zero-order valence-electron chi connectivity index (χ0n) is 12.0. The van der Waals surface area contributed by atoms with Crippen molar-refractivity contribution in [3.63, 3.8) is 0 Å². The lowest BCUT2D eigenvalue weighted by Crippen LogP contribution is -2.26. The number of aromatic nitrogens is 3. The topological polar surface area (TPSA) is 61.2 Å². The molecule has 1 heterocycles. The first kappa shape index (κ1) is 14.3. The molecule has 108 valence electrons. The van der Waals surface area contributed by atoms with Crippen molar-refractivity contribution < 1.29 is 9.47 Å². The summed E-state index contributed by atoms with van der Waals surface area (Å²) in [5, 5.41) is 11.3. The summed E-state index contributed by atoms with van der Waals surface area (Å²) in [4.78, 5) is 0.